The molecule has 0 aromatic rings. The molecule has 6 heteroatoms. The van der Waals surface area contributed by atoms with Gasteiger partial charge < -0.3 is 0 Å². The standard InChI is InChI=1S/3C6H15P.2ClH.Ru/c3*1-4-7(5-2)6-3;;;/h3*4-6H2,1-3H3;2*1H;/q;;;;;-1/p+1. The van der Waals surface area contributed by atoms with Gasteiger partial charge in [-0.1, -0.05) is 0 Å². The van der Waals surface area contributed by atoms with Gasteiger partial charge in [0, 0.05) is 0 Å². The van der Waals surface area contributed by atoms with Crippen LogP contribution in [0.2, 0.25) is 0 Å². The van der Waals surface area contributed by atoms with Gasteiger partial charge in [-0.2, -0.15) is 0 Å². The molecule has 0 N–H and O–H groups in total. The average Bonchev–Trinajstić information content (AvgIpc) is 2.60. The third-order valence-corrected chi connectivity index (χ3v) is 139. The SMILES string of the molecule is CC[PH](CC)(CC)[Ru]([Cl])([Cl])([PH](CC)(CC)CC)[PH](CC)(CC)CC. The van der Waals surface area contributed by atoms with Gasteiger partial charge in [0.15, 0.2) is 0 Å². The molecule has 24 heavy (non-hydrogen) atoms. The monoisotopic (exact) mass is 529 g/mol. The van der Waals surface area contributed by atoms with Crippen molar-refractivity contribution in [2.75, 3.05) is 55.5 Å². The molecule has 0 aromatic heterocycles. The van der Waals surface area contributed by atoms with Gasteiger partial charge >= 0.3 is 164 Å². The molecule has 0 nitrogen and oxygen atoms in total. The molecule has 0 saturated heterocycles. The molecule has 0 aromatic carbocycles. The van der Waals surface area contributed by atoms with E-state index in [1.807, 2.05) is 0 Å². The van der Waals surface area contributed by atoms with Crippen molar-refractivity contribution in [2.24, 2.45) is 0 Å². The van der Waals surface area contributed by atoms with Crippen molar-refractivity contribution < 1.29 is 10.2 Å². The van der Waals surface area contributed by atoms with Gasteiger partial charge in [-0.15, -0.1) is 0 Å². The first kappa shape index (κ1) is 26.5. The molecule has 0 spiro atoms. The van der Waals surface area contributed by atoms with Crippen LogP contribution in [0.1, 0.15) is 62.3 Å². The molecule has 0 aliphatic rings. The quantitative estimate of drug-likeness (QED) is 0.177. The molecule has 0 radical (unpaired) electrons. The van der Waals surface area contributed by atoms with Crippen molar-refractivity contribution in [3.63, 3.8) is 0 Å². The van der Waals surface area contributed by atoms with Crippen LogP contribution in [0.25, 0.3) is 0 Å². The van der Waals surface area contributed by atoms with Crippen molar-refractivity contribution in [3.05, 3.63) is 0 Å². The maximum atomic E-state index is 8.39. The van der Waals surface area contributed by atoms with Gasteiger partial charge in [0.1, 0.15) is 0 Å². The molecule has 0 saturated carbocycles. The molecule has 157 valence electrons. The summed E-state index contributed by atoms with van der Waals surface area (Å²) in [6.45, 7) is 22.0. The fraction of sp³-hybridized carbons (Fsp3) is 1.00. The summed E-state index contributed by atoms with van der Waals surface area (Å²) < 4.78 is 0. The Morgan fingerprint density at radius 1 is 0.417 bits per heavy atom. The van der Waals surface area contributed by atoms with E-state index in [2.05, 4.69) is 62.3 Å². The summed E-state index contributed by atoms with van der Waals surface area (Å²) in [4.78, 5) is 0. The minimum absolute atomic E-state index is 1.32. The summed E-state index contributed by atoms with van der Waals surface area (Å²) in [7, 11) is 13.3. The van der Waals surface area contributed by atoms with E-state index in [0.717, 1.165) is 0 Å². The molecular formula is C18H48Cl2P3Ru. The molecule has 0 fully saturated rings. The topological polar surface area (TPSA) is 0 Å². The summed E-state index contributed by atoms with van der Waals surface area (Å²) in [5, 5.41) is 0. The van der Waals surface area contributed by atoms with Gasteiger partial charge in [0.05, 0.1) is 0 Å². The van der Waals surface area contributed by atoms with Crippen LogP contribution in [0.4, 0.5) is 0 Å². The van der Waals surface area contributed by atoms with Gasteiger partial charge in [-0.05, 0) is 0 Å². The van der Waals surface area contributed by atoms with E-state index in [0.29, 0.717) is 0 Å². The summed E-state index contributed by atoms with van der Waals surface area (Å²) in [6, 6.07) is 0. The number of hydrogen-bond acceptors (Lipinski definition) is 0. The molecule has 0 aliphatic carbocycles. The van der Waals surface area contributed by atoms with E-state index >= 15 is 0 Å². The third-order valence-electron chi connectivity index (χ3n) is 7.60. The number of rotatable bonds is 12. The van der Waals surface area contributed by atoms with Crippen molar-refractivity contribution in [1.29, 1.82) is 0 Å². The van der Waals surface area contributed by atoms with Gasteiger partial charge in [0.25, 0.3) is 0 Å². The minimum atomic E-state index is -3.46. The number of hydrogen-bond donors (Lipinski definition) is 0. The fourth-order valence-electron chi connectivity index (χ4n) is 5.42. The second-order valence-electron chi connectivity index (χ2n) is 7.27. The molecule has 0 atom stereocenters. The second-order valence-corrected chi connectivity index (χ2v) is 74.4. The fourth-order valence-corrected chi connectivity index (χ4v) is 175. The van der Waals surface area contributed by atoms with Gasteiger partial charge in [-0.25, -0.2) is 0 Å². The molecular weight excluding hydrogens is 481 g/mol. The Balaban J connectivity index is 7.31. The van der Waals surface area contributed by atoms with Gasteiger partial charge in [0.2, 0.25) is 0 Å². The molecule has 0 amide bonds. The predicted molar refractivity (Wildman–Crippen MR) is 132 cm³/mol. The zero-order valence-electron chi connectivity index (χ0n) is 18.0. The molecule has 0 heterocycles. The molecule has 0 bridgehead atoms. The summed E-state index contributed by atoms with van der Waals surface area (Å²) >= 11 is 0. The first-order valence-electron chi connectivity index (χ1n) is 10.3. The zero-order chi connectivity index (χ0) is 19.3. The normalized spacial score (nSPS) is 18.0. The first-order valence-corrected chi connectivity index (χ1v) is 30.1. The van der Waals surface area contributed by atoms with E-state index < -0.39 is 27.0 Å². The van der Waals surface area contributed by atoms with E-state index in [-0.39, 0.29) is 0 Å². The van der Waals surface area contributed by atoms with Crippen LogP contribution in [-0.4, -0.2) is 55.5 Å². The van der Waals surface area contributed by atoms with E-state index in [1.54, 1.807) is 0 Å². The van der Waals surface area contributed by atoms with Crippen molar-refractivity contribution in [2.45, 2.75) is 62.3 Å². The number of halogens is 2. The Morgan fingerprint density at radius 3 is 0.625 bits per heavy atom. The first-order chi connectivity index (χ1) is 11.1. The van der Waals surface area contributed by atoms with E-state index in [1.165, 1.54) is 55.5 Å². The summed E-state index contributed by atoms with van der Waals surface area (Å²) in [5.74, 6) is 0. The second kappa shape index (κ2) is 9.81. The zero-order valence-corrected chi connectivity index (χ0v) is 24.2. The van der Waals surface area contributed by atoms with Crippen LogP contribution in [0, 0.1) is 0 Å². The van der Waals surface area contributed by atoms with Crippen LogP contribution in [0.3, 0.4) is 0 Å². The van der Waals surface area contributed by atoms with E-state index in [9.17, 15) is 0 Å². The van der Waals surface area contributed by atoms with Crippen molar-refractivity contribution >= 4 is 36.2 Å². The van der Waals surface area contributed by atoms with Crippen molar-refractivity contribution in [1.82, 2.24) is 0 Å². The molecule has 0 rings (SSSR count). The van der Waals surface area contributed by atoms with Crippen LogP contribution in [-0.2, 0) is 10.2 Å². The van der Waals surface area contributed by atoms with Crippen LogP contribution < -0.4 is 0 Å². The van der Waals surface area contributed by atoms with Gasteiger partial charge in [-0.3, -0.25) is 0 Å². The van der Waals surface area contributed by atoms with Crippen LogP contribution >= 0.6 is 36.2 Å². The Kier molecular flexibility index (Phi) is 10.8. The third kappa shape index (κ3) is 3.15. The predicted octanol–water partition coefficient (Wildman–Crippen LogP) is 8.16. The Labute approximate surface area is 163 Å². The molecule has 0 aliphatic heterocycles. The summed E-state index contributed by atoms with van der Waals surface area (Å²) in [5.41, 5.74) is -4.98. The van der Waals surface area contributed by atoms with E-state index in [4.69, 9.17) is 19.4 Å². The Bertz CT molecular complexity index is 308. The Morgan fingerprint density at radius 2 is 0.542 bits per heavy atom. The maximum absolute atomic E-state index is 8.39. The molecule has 0 unspecified atom stereocenters. The Hall–Kier alpha value is 2.49. The van der Waals surface area contributed by atoms with Crippen molar-refractivity contribution in [3.8, 4) is 0 Å². The van der Waals surface area contributed by atoms with Crippen LogP contribution in [0.15, 0.2) is 0 Å². The van der Waals surface area contributed by atoms with Crippen LogP contribution in [0.5, 0.6) is 0 Å². The average molecular weight is 529 g/mol. The summed E-state index contributed by atoms with van der Waals surface area (Å²) in [6.07, 6.45) is 11.9.